The minimum Gasteiger partial charge on any atom is -0.466 e. The number of nitrogens with zero attached hydrogens (tertiary/aromatic N) is 1. The molecule has 1 N–H and O–H groups in total. The minimum absolute atomic E-state index is 0.132. The van der Waals surface area contributed by atoms with Gasteiger partial charge < -0.3 is 38.4 Å². The molecule has 0 radical (unpaired) electrons. The molecule has 10 heteroatoms. The molecule has 0 aliphatic carbocycles. The molecular weight excluding hydrogens is 686 g/mol. The summed E-state index contributed by atoms with van der Waals surface area (Å²) in [5.74, 6) is -0.379. The van der Waals surface area contributed by atoms with Gasteiger partial charge in [0.15, 0.2) is 12.6 Å². The minimum atomic E-state index is -0.341. The van der Waals surface area contributed by atoms with E-state index in [0.717, 1.165) is 103 Å². The van der Waals surface area contributed by atoms with Gasteiger partial charge in [0.25, 0.3) is 0 Å². The Morgan fingerprint density at radius 1 is 0.426 bits per heavy atom. The van der Waals surface area contributed by atoms with Crippen LogP contribution in [-0.2, 0) is 38.0 Å². The number of hydrogen-bond acceptors (Lipinski definition) is 10. The van der Waals surface area contributed by atoms with Crippen LogP contribution >= 0.6 is 0 Å². The summed E-state index contributed by atoms with van der Waals surface area (Å²) in [6, 6.07) is 0. The number of carbonyl (C=O) groups excluding carboxylic acids is 2. The molecule has 0 bridgehead atoms. The Bertz CT molecular complexity index is 699. The number of unbranched alkanes of at least 4 members (excludes halogenated alkanes) is 16. The van der Waals surface area contributed by atoms with Crippen LogP contribution < -0.4 is 0 Å². The van der Waals surface area contributed by atoms with E-state index in [9.17, 15) is 14.7 Å². The van der Waals surface area contributed by atoms with E-state index >= 15 is 0 Å². The molecule has 0 spiro atoms. The monoisotopic (exact) mass is 774 g/mol. The molecule has 0 saturated heterocycles. The van der Waals surface area contributed by atoms with Crippen molar-refractivity contribution >= 4 is 11.9 Å². The number of rotatable bonds is 44. The quantitative estimate of drug-likeness (QED) is 0.0365. The molecule has 0 aromatic heterocycles. The average Bonchev–Trinajstić information content (AvgIpc) is 3.17. The Labute approximate surface area is 332 Å². The second kappa shape index (κ2) is 42.8. The second-order valence-corrected chi connectivity index (χ2v) is 14.8. The Balaban J connectivity index is 4.16. The van der Waals surface area contributed by atoms with Crippen molar-refractivity contribution in [3.05, 3.63) is 0 Å². The number of hydrogen-bond donors (Lipinski definition) is 1. The maximum Gasteiger partial charge on any atom is 0.305 e. The molecule has 0 aliphatic rings. The SMILES string of the molecule is CCCCCCOC(CCC(=O)OCCCCCN(CCO)CCCCCOC(=O)CCC(OCCCCCC)OCCCCCC)OCCCCCC. The third-order valence-corrected chi connectivity index (χ3v) is 9.55. The summed E-state index contributed by atoms with van der Waals surface area (Å²) in [7, 11) is 0. The summed E-state index contributed by atoms with van der Waals surface area (Å²) in [5, 5.41) is 9.56. The third-order valence-electron chi connectivity index (χ3n) is 9.55. The number of carbonyl (C=O) groups is 2. The zero-order chi connectivity index (χ0) is 39.6. The Morgan fingerprint density at radius 2 is 0.741 bits per heavy atom. The van der Waals surface area contributed by atoms with Gasteiger partial charge in [-0.1, -0.05) is 105 Å². The molecule has 0 aliphatic heterocycles. The summed E-state index contributed by atoms with van der Waals surface area (Å²) in [4.78, 5) is 27.1. The normalized spacial score (nSPS) is 11.7. The predicted octanol–water partition coefficient (Wildman–Crippen LogP) is 10.3. The van der Waals surface area contributed by atoms with Crippen molar-refractivity contribution < 1.29 is 43.1 Å². The largest absolute Gasteiger partial charge is 0.466 e. The first kappa shape index (κ1) is 52.7. The van der Waals surface area contributed by atoms with Crippen LogP contribution in [0, 0.1) is 0 Å². The van der Waals surface area contributed by atoms with E-state index in [1.165, 1.54) is 51.4 Å². The van der Waals surface area contributed by atoms with Gasteiger partial charge in [0.1, 0.15) is 0 Å². The molecule has 322 valence electrons. The summed E-state index contributed by atoms with van der Waals surface area (Å²) in [6.07, 6.45) is 24.9. The van der Waals surface area contributed by atoms with E-state index < -0.39 is 0 Å². The first-order chi connectivity index (χ1) is 26.5. The zero-order valence-electron chi connectivity index (χ0n) is 35.8. The highest BCUT2D eigenvalue weighted by molar-refractivity contribution is 5.69. The van der Waals surface area contributed by atoms with Crippen molar-refractivity contribution in [2.45, 2.75) is 207 Å². The molecule has 0 atom stereocenters. The van der Waals surface area contributed by atoms with Crippen LogP contribution in [0.1, 0.15) is 195 Å². The lowest BCUT2D eigenvalue weighted by atomic mass is 10.2. The van der Waals surface area contributed by atoms with Crippen LogP contribution in [0.15, 0.2) is 0 Å². The van der Waals surface area contributed by atoms with Crippen LogP contribution in [0.3, 0.4) is 0 Å². The maximum atomic E-state index is 12.4. The topological polar surface area (TPSA) is 113 Å². The van der Waals surface area contributed by atoms with E-state index in [4.69, 9.17) is 28.4 Å². The van der Waals surface area contributed by atoms with E-state index in [-0.39, 0.29) is 31.1 Å². The molecule has 54 heavy (non-hydrogen) atoms. The van der Waals surface area contributed by atoms with Crippen molar-refractivity contribution in [2.75, 3.05) is 65.9 Å². The molecule has 0 saturated carbocycles. The summed E-state index contributed by atoms with van der Waals surface area (Å²) in [5.41, 5.74) is 0. The number of aliphatic hydroxyl groups is 1. The van der Waals surface area contributed by atoms with Gasteiger partial charge in [-0.2, -0.15) is 0 Å². The van der Waals surface area contributed by atoms with E-state index in [2.05, 4.69) is 32.6 Å². The van der Waals surface area contributed by atoms with E-state index in [1.54, 1.807) is 0 Å². The van der Waals surface area contributed by atoms with Crippen LogP contribution in [0.2, 0.25) is 0 Å². The van der Waals surface area contributed by atoms with Crippen LogP contribution in [-0.4, -0.2) is 100 Å². The molecule has 0 heterocycles. The van der Waals surface area contributed by atoms with Gasteiger partial charge in [-0.05, 0) is 77.3 Å². The van der Waals surface area contributed by atoms with Crippen molar-refractivity contribution in [1.29, 1.82) is 0 Å². The van der Waals surface area contributed by atoms with Crippen molar-refractivity contribution in [2.24, 2.45) is 0 Å². The summed E-state index contributed by atoms with van der Waals surface area (Å²) < 4.78 is 34.9. The third kappa shape index (κ3) is 37.6. The molecule has 10 nitrogen and oxygen atoms in total. The predicted molar refractivity (Wildman–Crippen MR) is 220 cm³/mol. The second-order valence-electron chi connectivity index (χ2n) is 14.8. The molecule has 0 aromatic carbocycles. The van der Waals surface area contributed by atoms with E-state index in [0.29, 0.717) is 71.9 Å². The first-order valence-corrected chi connectivity index (χ1v) is 22.6. The number of esters is 2. The summed E-state index contributed by atoms with van der Waals surface area (Å²) in [6.45, 7) is 14.9. The van der Waals surface area contributed by atoms with Crippen LogP contribution in [0.5, 0.6) is 0 Å². The van der Waals surface area contributed by atoms with Crippen molar-refractivity contribution in [3.63, 3.8) is 0 Å². The lowest BCUT2D eigenvalue weighted by molar-refractivity contribution is -0.159. The highest BCUT2D eigenvalue weighted by Crippen LogP contribution is 2.13. The lowest BCUT2D eigenvalue weighted by Gasteiger charge is -2.21. The highest BCUT2D eigenvalue weighted by Gasteiger charge is 2.15. The fraction of sp³-hybridized carbons (Fsp3) is 0.955. The lowest BCUT2D eigenvalue weighted by Crippen LogP contribution is -2.29. The van der Waals surface area contributed by atoms with Gasteiger partial charge in [-0.25, -0.2) is 0 Å². The smallest absolute Gasteiger partial charge is 0.305 e. The zero-order valence-corrected chi connectivity index (χ0v) is 35.8. The summed E-state index contributed by atoms with van der Waals surface area (Å²) >= 11 is 0. The van der Waals surface area contributed by atoms with E-state index in [1.807, 2.05) is 0 Å². The Hall–Kier alpha value is -1.30. The average molecular weight is 774 g/mol. The maximum absolute atomic E-state index is 12.4. The van der Waals surface area contributed by atoms with Gasteiger partial charge in [-0.15, -0.1) is 0 Å². The molecule has 0 amide bonds. The van der Waals surface area contributed by atoms with Crippen molar-refractivity contribution in [3.8, 4) is 0 Å². The fourth-order valence-electron chi connectivity index (χ4n) is 6.10. The highest BCUT2D eigenvalue weighted by atomic mass is 16.7. The Kier molecular flexibility index (Phi) is 41.8. The number of aliphatic hydroxyl groups excluding tert-OH is 1. The van der Waals surface area contributed by atoms with Crippen molar-refractivity contribution in [1.82, 2.24) is 4.90 Å². The molecule has 0 rings (SSSR count). The van der Waals surface area contributed by atoms with Gasteiger partial charge >= 0.3 is 11.9 Å². The molecule has 0 fully saturated rings. The first-order valence-electron chi connectivity index (χ1n) is 22.6. The van der Waals surface area contributed by atoms with Crippen LogP contribution in [0.25, 0.3) is 0 Å². The number of ether oxygens (including phenoxy) is 6. The van der Waals surface area contributed by atoms with Gasteiger partial charge in [0, 0.05) is 45.8 Å². The standard InChI is InChI=1S/C44H87NO9/c1-5-9-13-21-37-51-43(52-38-22-14-10-6-2)29-27-41(47)49-35-25-17-19-31-45(33-34-46)32-20-18-26-36-50-42(48)28-30-44(53-39-23-15-11-7-3)54-40-24-16-12-8-4/h43-44,46H,5-40H2,1-4H3. The van der Waals surface area contributed by atoms with Gasteiger partial charge in [0.05, 0.1) is 32.7 Å². The molecule has 0 aromatic rings. The molecular formula is C44H87NO9. The van der Waals surface area contributed by atoms with Gasteiger partial charge in [0.2, 0.25) is 0 Å². The van der Waals surface area contributed by atoms with Crippen LogP contribution in [0.4, 0.5) is 0 Å². The van der Waals surface area contributed by atoms with Gasteiger partial charge in [-0.3, -0.25) is 9.59 Å². The molecule has 0 unspecified atom stereocenters. The fourth-order valence-corrected chi connectivity index (χ4v) is 6.10. The Morgan fingerprint density at radius 3 is 1.06 bits per heavy atom.